The van der Waals surface area contributed by atoms with Gasteiger partial charge < -0.3 is 15.4 Å². The third kappa shape index (κ3) is 4.79. The van der Waals surface area contributed by atoms with Gasteiger partial charge in [0, 0.05) is 24.5 Å². The predicted octanol–water partition coefficient (Wildman–Crippen LogP) is 0.347. The summed E-state index contributed by atoms with van der Waals surface area (Å²) >= 11 is 0. The van der Waals surface area contributed by atoms with Crippen LogP contribution in [0.3, 0.4) is 0 Å². The first-order valence-corrected chi connectivity index (χ1v) is 12.7. The number of fused-ring (bicyclic) bond motifs is 2. The van der Waals surface area contributed by atoms with E-state index in [0.717, 1.165) is 22.0 Å². The van der Waals surface area contributed by atoms with Crippen LogP contribution in [0.1, 0.15) is 31.3 Å². The number of esters is 1. The molecule has 1 saturated heterocycles. The van der Waals surface area contributed by atoms with Gasteiger partial charge in [-0.25, -0.2) is 14.8 Å². The Labute approximate surface area is 228 Å². The fraction of sp³-hybridized carbons (Fsp3) is 0.370. The second-order valence-corrected chi connectivity index (χ2v) is 9.40. The molecule has 0 bridgehead atoms. The largest absolute Gasteiger partial charge is 0.468 e. The van der Waals surface area contributed by atoms with Crippen LogP contribution in [-0.2, 0) is 29.2 Å². The Balaban J connectivity index is 1.76. The third-order valence-corrected chi connectivity index (χ3v) is 6.82. The van der Waals surface area contributed by atoms with Gasteiger partial charge in [0.25, 0.3) is 5.56 Å². The predicted molar refractivity (Wildman–Crippen MR) is 146 cm³/mol. The Bertz CT molecular complexity index is 1850. The van der Waals surface area contributed by atoms with Crippen LogP contribution in [0.4, 0.5) is 5.95 Å². The standard InChI is InChI=1S/C27H27N9O4/c1-3-4-12-34-23-24(32-26(34)33-11-7-8-17(29)14-33)35(16-22(37)40-2)27(39)36(25(23)38)15-21-30-19-10-6-5-9-18(19)20(13-28)31-21/h5-6,9-10,17H,7-8,11-12,14-16,29H2,1-2H3. The molecule has 204 valence electrons. The molecule has 40 heavy (non-hydrogen) atoms. The van der Waals surface area contributed by atoms with E-state index < -0.39 is 23.8 Å². The van der Waals surface area contributed by atoms with E-state index in [0.29, 0.717) is 29.9 Å². The van der Waals surface area contributed by atoms with Gasteiger partial charge in [-0.05, 0) is 31.9 Å². The molecule has 1 aliphatic rings. The van der Waals surface area contributed by atoms with E-state index in [1.165, 1.54) is 7.11 Å². The normalized spacial score (nSPS) is 15.1. The molecule has 0 aliphatic carbocycles. The van der Waals surface area contributed by atoms with E-state index in [4.69, 9.17) is 10.5 Å². The lowest BCUT2D eigenvalue weighted by molar-refractivity contribution is -0.141. The number of nitriles is 1. The van der Waals surface area contributed by atoms with Gasteiger partial charge in [0.2, 0.25) is 5.95 Å². The Morgan fingerprint density at radius 2 is 1.98 bits per heavy atom. The number of aromatic nitrogens is 6. The topological polar surface area (TPSA) is 167 Å². The maximum atomic E-state index is 14.0. The number of carbonyl (C=O) groups excluding carboxylic acids is 1. The number of imidazole rings is 1. The highest BCUT2D eigenvalue weighted by Crippen LogP contribution is 2.23. The van der Waals surface area contributed by atoms with Crippen LogP contribution in [0.15, 0.2) is 33.9 Å². The van der Waals surface area contributed by atoms with Gasteiger partial charge >= 0.3 is 11.7 Å². The number of nitrogens with zero attached hydrogens (tertiary/aromatic N) is 8. The summed E-state index contributed by atoms with van der Waals surface area (Å²) < 4.78 is 8.53. The lowest BCUT2D eigenvalue weighted by Gasteiger charge is -2.31. The molecular weight excluding hydrogens is 514 g/mol. The van der Waals surface area contributed by atoms with E-state index in [2.05, 4.69) is 26.8 Å². The van der Waals surface area contributed by atoms with Crippen LogP contribution >= 0.6 is 0 Å². The van der Waals surface area contributed by atoms with Gasteiger partial charge in [-0.1, -0.05) is 18.1 Å². The number of hydrogen-bond acceptors (Lipinski definition) is 10. The molecular formula is C27H27N9O4. The van der Waals surface area contributed by atoms with Crippen molar-refractivity contribution < 1.29 is 9.53 Å². The summed E-state index contributed by atoms with van der Waals surface area (Å²) in [6.07, 6.45) is 1.70. The SMILES string of the molecule is CC#CCn1c(N2CCCC(N)C2)nc2c1c(=O)n(Cc1nc(C#N)c3ccccc3n1)c(=O)n2CC(=O)OC. The van der Waals surface area contributed by atoms with Crippen LogP contribution in [-0.4, -0.2) is 60.9 Å². The van der Waals surface area contributed by atoms with Crippen molar-refractivity contribution >= 4 is 34.0 Å². The van der Waals surface area contributed by atoms with Gasteiger partial charge in [0.1, 0.15) is 12.6 Å². The number of anilines is 1. The number of nitrogens with two attached hydrogens (primary N) is 1. The van der Waals surface area contributed by atoms with Crippen LogP contribution in [0.2, 0.25) is 0 Å². The molecule has 0 radical (unpaired) electrons. The minimum Gasteiger partial charge on any atom is -0.468 e. The number of rotatable bonds is 6. The molecule has 1 atom stereocenters. The molecule has 1 aliphatic heterocycles. The van der Waals surface area contributed by atoms with E-state index in [1.54, 1.807) is 35.8 Å². The summed E-state index contributed by atoms with van der Waals surface area (Å²) in [4.78, 5) is 55.5. The van der Waals surface area contributed by atoms with Crippen molar-refractivity contribution in [2.24, 2.45) is 5.73 Å². The molecule has 3 aromatic heterocycles. The summed E-state index contributed by atoms with van der Waals surface area (Å²) in [7, 11) is 1.21. The lowest BCUT2D eigenvalue weighted by Crippen LogP contribution is -2.44. The Kier molecular flexibility index (Phi) is 7.31. The zero-order valence-electron chi connectivity index (χ0n) is 22.1. The van der Waals surface area contributed by atoms with Gasteiger partial charge in [-0.15, -0.1) is 5.92 Å². The van der Waals surface area contributed by atoms with Crippen LogP contribution in [0, 0.1) is 23.2 Å². The fourth-order valence-electron chi connectivity index (χ4n) is 4.92. The lowest BCUT2D eigenvalue weighted by atomic mass is 10.1. The van der Waals surface area contributed by atoms with Crippen LogP contribution < -0.4 is 21.9 Å². The summed E-state index contributed by atoms with van der Waals surface area (Å²) in [5, 5.41) is 10.2. The Morgan fingerprint density at radius 3 is 2.70 bits per heavy atom. The summed E-state index contributed by atoms with van der Waals surface area (Å²) in [6.45, 7) is 2.19. The van der Waals surface area contributed by atoms with Crippen LogP contribution in [0.5, 0.6) is 0 Å². The molecule has 0 amide bonds. The highest BCUT2D eigenvalue weighted by Gasteiger charge is 2.28. The molecule has 0 spiro atoms. The molecule has 1 unspecified atom stereocenters. The average molecular weight is 542 g/mol. The van der Waals surface area contributed by atoms with Gasteiger partial charge in [0.05, 0.1) is 25.7 Å². The minimum atomic E-state index is -0.786. The van der Waals surface area contributed by atoms with E-state index in [9.17, 15) is 19.6 Å². The van der Waals surface area contributed by atoms with Crippen LogP contribution in [0.25, 0.3) is 22.1 Å². The molecule has 4 aromatic rings. The number of carbonyl (C=O) groups is 1. The maximum Gasteiger partial charge on any atom is 0.333 e. The molecule has 13 nitrogen and oxygen atoms in total. The average Bonchev–Trinajstić information content (AvgIpc) is 3.35. The summed E-state index contributed by atoms with van der Waals surface area (Å²) in [5.41, 5.74) is 5.56. The number of benzene rings is 1. The molecule has 5 rings (SSSR count). The number of piperidine rings is 1. The number of ether oxygens (including phenoxy) is 1. The first kappa shape index (κ1) is 26.6. The van der Waals surface area contributed by atoms with Crippen molar-refractivity contribution in [3.8, 4) is 17.9 Å². The van der Waals surface area contributed by atoms with E-state index in [-0.39, 0.29) is 41.8 Å². The maximum absolute atomic E-state index is 14.0. The Hall–Kier alpha value is -5.01. The van der Waals surface area contributed by atoms with Gasteiger partial charge in [0.15, 0.2) is 22.7 Å². The smallest absolute Gasteiger partial charge is 0.333 e. The molecule has 1 fully saturated rings. The van der Waals surface area contributed by atoms with E-state index >= 15 is 0 Å². The molecule has 0 saturated carbocycles. The molecule has 1 aromatic carbocycles. The van der Waals surface area contributed by atoms with Crippen molar-refractivity contribution in [2.45, 2.75) is 45.4 Å². The van der Waals surface area contributed by atoms with Crippen molar-refractivity contribution in [3.63, 3.8) is 0 Å². The Morgan fingerprint density at radius 1 is 1.18 bits per heavy atom. The number of methoxy groups -OCH3 is 1. The van der Waals surface area contributed by atoms with Crippen molar-refractivity contribution in [1.29, 1.82) is 5.26 Å². The van der Waals surface area contributed by atoms with Crippen molar-refractivity contribution in [1.82, 2.24) is 28.7 Å². The van der Waals surface area contributed by atoms with Gasteiger partial charge in [-0.2, -0.15) is 10.2 Å². The second kappa shape index (κ2) is 11.0. The zero-order chi connectivity index (χ0) is 28.4. The monoisotopic (exact) mass is 541 g/mol. The number of para-hydroxylation sites is 1. The molecule has 2 N–H and O–H groups in total. The van der Waals surface area contributed by atoms with Crippen molar-refractivity contribution in [2.75, 3.05) is 25.1 Å². The van der Waals surface area contributed by atoms with E-state index in [1.807, 2.05) is 11.0 Å². The first-order chi connectivity index (χ1) is 19.4. The first-order valence-electron chi connectivity index (χ1n) is 12.7. The third-order valence-electron chi connectivity index (χ3n) is 6.82. The van der Waals surface area contributed by atoms with Crippen molar-refractivity contribution in [3.05, 3.63) is 56.6 Å². The highest BCUT2D eigenvalue weighted by molar-refractivity contribution is 5.83. The quantitative estimate of drug-likeness (QED) is 0.266. The fourth-order valence-corrected chi connectivity index (χ4v) is 4.92. The minimum absolute atomic E-state index is 0.0424. The second-order valence-electron chi connectivity index (χ2n) is 9.40. The zero-order valence-corrected chi connectivity index (χ0v) is 22.1. The van der Waals surface area contributed by atoms with Gasteiger partial charge in [-0.3, -0.25) is 23.3 Å². The number of hydrogen-bond donors (Lipinski definition) is 1. The summed E-state index contributed by atoms with van der Waals surface area (Å²) in [5.74, 6) is 5.66. The highest BCUT2D eigenvalue weighted by atomic mass is 16.5. The molecule has 4 heterocycles. The molecule has 13 heteroatoms. The summed E-state index contributed by atoms with van der Waals surface area (Å²) in [6, 6.07) is 8.95.